The maximum atomic E-state index is 13.4. The average Bonchev–Trinajstić information content (AvgIpc) is 2.74. The van der Waals surface area contributed by atoms with Crippen molar-refractivity contribution in [1.82, 2.24) is 9.80 Å². The van der Waals surface area contributed by atoms with E-state index in [1.54, 1.807) is 36.1 Å². The number of amides is 2. The number of carbonyl (C=O) groups excluding carboxylic acids is 2. The Morgan fingerprint density at radius 2 is 1.97 bits per heavy atom. The molecule has 1 fully saturated rings. The van der Waals surface area contributed by atoms with Crippen LogP contribution in [0.4, 0.5) is 4.39 Å². The van der Waals surface area contributed by atoms with Gasteiger partial charge in [-0.1, -0.05) is 24.3 Å². The summed E-state index contributed by atoms with van der Waals surface area (Å²) in [5.41, 5.74) is 1.76. The molecule has 2 aromatic rings. The van der Waals surface area contributed by atoms with Crippen LogP contribution < -0.4 is 4.74 Å². The predicted octanol–water partition coefficient (Wildman–Crippen LogP) is 3.79. The summed E-state index contributed by atoms with van der Waals surface area (Å²) >= 11 is 0. The van der Waals surface area contributed by atoms with E-state index in [2.05, 4.69) is 0 Å². The first kappa shape index (κ1) is 20.8. The Morgan fingerprint density at radius 3 is 2.62 bits per heavy atom. The fourth-order valence-electron chi connectivity index (χ4n) is 4.05. The van der Waals surface area contributed by atoms with E-state index >= 15 is 0 Å². The molecule has 1 aliphatic heterocycles. The van der Waals surface area contributed by atoms with Gasteiger partial charge in [-0.2, -0.15) is 0 Å². The quantitative estimate of drug-likeness (QED) is 0.744. The van der Waals surface area contributed by atoms with Gasteiger partial charge in [0.2, 0.25) is 11.8 Å². The van der Waals surface area contributed by atoms with Crippen LogP contribution in [0.15, 0.2) is 48.5 Å². The number of carbonyl (C=O) groups is 2. The fraction of sp³-hybridized carbons (Fsp3) is 0.391. The highest BCUT2D eigenvalue weighted by Gasteiger charge is 2.41. The molecule has 29 heavy (non-hydrogen) atoms. The Kier molecular flexibility index (Phi) is 6.52. The van der Waals surface area contributed by atoms with Crippen molar-refractivity contribution < 1.29 is 18.7 Å². The van der Waals surface area contributed by atoms with Gasteiger partial charge in [-0.15, -0.1) is 0 Å². The summed E-state index contributed by atoms with van der Waals surface area (Å²) in [4.78, 5) is 29.4. The van der Waals surface area contributed by atoms with Gasteiger partial charge in [-0.3, -0.25) is 9.59 Å². The number of likely N-dealkylation sites (tertiary alicyclic amines) is 1. The lowest BCUT2D eigenvalue weighted by atomic mass is 9.83. The molecule has 0 unspecified atom stereocenters. The normalized spacial score (nSPS) is 19.2. The third-order valence-corrected chi connectivity index (χ3v) is 5.51. The van der Waals surface area contributed by atoms with Crippen molar-refractivity contribution in [3.05, 3.63) is 65.5 Å². The number of halogens is 1. The van der Waals surface area contributed by atoms with E-state index in [9.17, 15) is 14.0 Å². The van der Waals surface area contributed by atoms with Gasteiger partial charge in [0.15, 0.2) is 0 Å². The Bertz CT molecular complexity index is 869. The molecule has 0 N–H and O–H groups in total. The highest BCUT2D eigenvalue weighted by atomic mass is 19.1. The van der Waals surface area contributed by atoms with Crippen molar-refractivity contribution in [3.8, 4) is 5.75 Å². The maximum absolute atomic E-state index is 13.4. The van der Waals surface area contributed by atoms with E-state index in [0.717, 1.165) is 11.1 Å². The minimum absolute atomic E-state index is 0.0203. The summed E-state index contributed by atoms with van der Waals surface area (Å²) in [7, 11) is 3.35. The first-order valence-corrected chi connectivity index (χ1v) is 9.87. The molecule has 0 bridgehead atoms. The molecule has 0 radical (unpaired) electrons. The Morgan fingerprint density at radius 1 is 1.24 bits per heavy atom. The number of hydrogen-bond acceptors (Lipinski definition) is 3. The van der Waals surface area contributed by atoms with Crippen LogP contribution in [0.5, 0.6) is 5.75 Å². The summed E-state index contributed by atoms with van der Waals surface area (Å²) in [5.74, 6) is 0.0940. The van der Waals surface area contributed by atoms with Crippen LogP contribution in [-0.4, -0.2) is 42.3 Å². The first-order chi connectivity index (χ1) is 13.9. The van der Waals surface area contributed by atoms with Crippen molar-refractivity contribution in [2.45, 2.75) is 32.4 Å². The van der Waals surface area contributed by atoms with Gasteiger partial charge in [-0.05, 0) is 48.7 Å². The van der Waals surface area contributed by atoms with E-state index in [4.69, 9.17) is 4.74 Å². The molecule has 1 heterocycles. The number of ether oxygens (including phenoxy) is 1. The Labute approximate surface area is 171 Å². The number of hydrogen-bond donors (Lipinski definition) is 0. The average molecular weight is 398 g/mol. The lowest BCUT2D eigenvalue weighted by Crippen LogP contribution is -2.48. The van der Waals surface area contributed by atoms with Crippen LogP contribution in [-0.2, 0) is 16.1 Å². The zero-order chi connectivity index (χ0) is 21.0. The molecular weight excluding hydrogens is 371 g/mol. The first-order valence-electron chi connectivity index (χ1n) is 9.87. The van der Waals surface area contributed by atoms with E-state index in [1.165, 1.54) is 12.1 Å². The van der Waals surface area contributed by atoms with E-state index in [-0.39, 0.29) is 29.6 Å². The zero-order valence-corrected chi connectivity index (χ0v) is 17.1. The predicted molar refractivity (Wildman–Crippen MR) is 109 cm³/mol. The molecule has 2 aromatic carbocycles. The Balaban J connectivity index is 1.88. The number of benzene rings is 2. The molecule has 5 nitrogen and oxygen atoms in total. The van der Waals surface area contributed by atoms with Gasteiger partial charge in [-0.25, -0.2) is 4.39 Å². The van der Waals surface area contributed by atoms with Crippen molar-refractivity contribution >= 4 is 11.8 Å². The second kappa shape index (κ2) is 9.07. The molecule has 2 amide bonds. The summed E-state index contributed by atoms with van der Waals surface area (Å²) in [6, 6.07) is 13.4. The molecule has 1 saturated heterocycles. The molecular formula is C23H27FN2O3. The molecule has 2 atom stereocenters. The van der Waals surface area contributed by atoms with Crippen LogP contribution in [0.2, 0.25) is 0 Å². The SMILES string of the molecule is CCN1C(=O)CC[C@@H](C(=O)N(C)Cc2ccc(F)cc2)[C@@H]1c1cccc(OC)c1. The molecule has 0 saturated carbocycles. The largest absolute Gasteiger partial charge is 0.497 e. The summed E-state index contributed by atoms with van der Waals surface area (Å²) in [5, 5.41) is 0. The third-order valence-electron chi connectivity index (χ3n) is 5.51. The Hall–Kier alpha value is -2.89. The maximum Gasteiger partial charge on any atom is 0.228 e. The lowest BCUT2D eigenvalue weighted by Gasteiger charge is -2.41. The number of nitrogens with zero attached hydrogens (tertiary/aromatic N) is 2. The molecule has 1 aliphatic rings. The van der Waals surface area contributed by atoms with Crippen molar-refractivity contribution in [1.29, 1.82) is 0 Å². The molecule has 154 valence electrons. The molecule has 0 aromatic heterocycles. The third kappa shape index (κ3) is 4.58. The van der Waals surface area contributed by atoms with Gasteiger partial charge in [0.25, 0.3) is 0 Å². The molecule has 3 rings (SSSR count). The van der Waals surface area contributed by atoms with Crippen LogP contribution in [0.1, 0.15) is 36.9 Å². The van der Waals surface area contributed by atoms with Gasteiger partial charge in [0, 0.05) is 26.6 Å². The van der Waals surface area contributed by atoms with Crippen LogP contribution in [0, 0.1) is 11.7 Å². The standard InChI is InChI=1S/C23H27FN2O3/c1-4-26-21(27)13-12-20(22(26)17-6-5-7-19(14-17)29-3)23(28)25(2)15-16-8-10-18(24)11-9-16/h5-11,14,20,22H,4,12-13,15H2,1-3H3/t20-,22+/m1/s1. The highest BCUT2D eigenvalue weighted by Crippen LogP contribution is 2.38. The minimum atomic E-state index is -0.342. The molecule has 0 spiro atoms. The van der Waals surface area contributed by atoms with Crippen molar-refractivity contribution in [2.75, 3.05) is 20.7 Å². The zero-order valence-electron chi connectivity index (χ0n) is 17.1. The van der Waals surface area contributed by atoms with E-state index in [0.29, 0.717) is 31.7 Å². The van der Waals surface area contributed by atoms with E-state index in [1.807, 2.05) is 31.2 Å². The van der Waals surface area contributed by atoms with Crippen LogP contribution >= 0.6 is 0 Å². The van der Waals surface area contributed by atoms with Gasteiger partial charge < -0.3 is 14.5 Å². The van der Waals surface area contributed by atoms with Gasteiger partial charge in [0.05, 0.1) is 19.1 Å². The lowest BCUT2D eigenvalue weighted by molar-refractivity contribution is -0.147. The second-order valence-corrected chi connectivity index (χ2v) is 7.37. The topological polar surface area (TPSA) is 49.9 Å². The number of methoxy groups -OCH3 is 1. The molecule has 6 heteroatoms. The van der Waals surface area contributed by atoms with Crippen LogP contribution in [0.25, 0.3) is 0 Å². The number of rotatable bonds is 6. The summed E-state index contributed by atoms with van der Waals surface area (Å²) < 4.78 is 18.5. The molecule has 0 aliphatic carbocycles. The monoisotopic (exact) mass is 398 g/mol. The van der Waals surface area contributed by atoms with Crippen LogP contribution in [0.3, 0.4) is 0 Å². The van der Waals surface area contributed by atoms with E-state index < -0.39 is 0 Å². The second-order valence-electron chi connectivity index (χ2n) is 7.37. The van der Waals surface area contributed by atoms with Gasteiger partial charge >= 0.3 is 0 Å². The fourth-order valence-corrected chi connectivity index (χ4v) is 4.05. The minimum Gasteiger partial charge on any atom is -0.497 e. The smallest absolute Gasteiger partial charge is 0.228 e. The van der Waals surface area contributed by atoms with Crippen molar-refractivity contribution in [2.24, 2.45) is 5.92 Å². The number of piperidine rings is 1. The van der Waals surface area contributed by atoms with Crippen molar-refractivity contribution in [3.63, 3.8) is 0 Å². The highest BCUT2D eigenvalue weighted by molar-refractivity contribution is 5.85. The summed E-state index contributed by atoms with van der Waals surface area (Å²) in [6.45, 7) is 2.85. The summed E-state index contributed by atoms with van der Waals surface area (Å²) in [6.07, 6.45) is 0.860. The van der Waals surface area contributed by atoms with Gasteiger partial charge in [0.1, 0.15) is 11.6 Å².